The van der Waals surface area contributed by atoms with Crippen LogP contribution in [-0.2, 0) is 4.74 Å². The molecule has 4 atom stereocenters. The van der Waals surface area contributed by atoms with Crippen LogP contribution in [0.25, 0.3) is 0 Å². The highest BCUT2D eigenvalue weighted by Crippen LogP contribution is 2.46. The average Bonchev–Trinajstić information content (AvgIpc) is 2.38. The zero-order valence-corrected chi connectivity index (χ0v) is 13.3. The van der Waals surface area contributed by atoms with Gasteiger partial charge in [-0.25, -0.2) is 0 Å². The zero-order valence-electron chi connectivity index (χ0n) is 13.3. The van der Waals surface area contributed by atoms with Gasteiger partial charge in [0.05, 0.1) is 6.10 Å². The van der Waals surface area contributed by atoms with Crippen molar-refractivity contribution in [1.29, 1.82) is 0 Å². The number of ether oxygens (including phenoxy) is 1. The van der Waals surface area contributed by atoms with Crippen molar-refractivity contribution in [2.24, 2.45) is 11.3 Å². The van der Waals surface area contributed by atoms with Crippen LogP contribution in [0, 0.1) is 11.3 Å². The van der Waals surface area contributed by atoms with Crippen LogP contribution in [0.4, 0.5) is 0 Å². The van der Waals surface area contributed by atoms with E-state index in [0.717, 1.165) is 12.5 Å². The van der Waals surface area contributed by atoms with E-state index < -0.39 is 0 Å². The van der Waals surface area contributed by atoms with Crippen LogP contribution >= 0.6 is 0 Å². The summed E-state index contributed by atoms with van der Waals surface area (Å²) in [5.74, 6) is 0.803. The summed E-state index contributed by atoms with van der Waals surface area (Å²) in [5, 5.41) is 3.87. The molecule has 108 valence electrons. The summed E-state index contributed by atoms with van der Waals surface area (Å²) in [6, 6.07) is 1.26. The Morgan fingerprint density at radius 1 is 1.22 bits per heavy atom. The molecule has 0 aromatic carbocycles. The van der Waals surface area contributed by atoms with Crippen molar-refractivity contribution in [2.75, 3.05) is 6.61 Å². The summed E-state index contributed by atoms with van der Waals surface area (Å²) in [6.07, 6.45) is 5.39. The van der Waals surface area contributed by atoms with Gasteiger partial charge >= 0.3 is 0 Å². The van der Waals surface area contributed by atoms with Gasteiger partial charge in [0.1, 0.15) is 0 Å². The summed E-state index contributed by atoms with van der Waals surface area (Å²) in [5.41, 5.74) is 0.330. The van der Waals surface area contributed by atoms with Crippen LogP contribution in [0.1, 0.15) is 67.2 Å². The molecule has 0 saturated heterocycles. The topological polar surface area (TPSA) is 21.3 Å². The maximum atomic E-state index is 5.87. The van der Waals surface area contributed by atoms with Crippen LogP contribution in [0.15, 0.2) is 0 Å². The van der Waals surface area contributed by atoms with Gasteiger partial charge in [0.15, 0.2) is 0 Å². The molecule has 1 fully saturated rings. The van der Waals surface area contributed by atoms with Crippen molar-refractivity contribution in [2.45, 2.75) is 85.4 Å². The normalized spacial score (nSPS) is 33.5. The third-order valence-electron chi connectivity index (χ3n) is 5.33. The van der Waals surface area contributed by atoms with Gasteiger partial charge in [0, 0.05) is 24.1 Å². The van der Waals surface area contributed by atoms with E-state index in [1.165, 1.54) is 25.7 Å². The molecule has 0 amide bonds. The molecule has 0 aliphatic heterocycles. The van der Waals surface area contributed by atoms with Crippen LogP contribution in [0.3, 0.4) is 0 Å². The van der Waals surface area contributed by atoms with E-state index in [-0.39, 0.29) is 0 Å². The summed E-state index contributed by atoms with van der Waals surface area (Å²) < 4.78 is 5.87. The van der Waals surface area contributed by atoms with Gasteiger partial charge in [-0.3, -0.25) is 0 Å². The molecule has 1 N–H and O–H groups in total. The van der Waals surface area contributed by atoms with E-state index in [4.69, 9.17) is 4.74 Å². The Hall–Kier alpha value is -0.0800. The molecule has 2 nitrogen and oxygen atoms in total. The van der Waals surface area contributed by atoms with Gasteiger partial charge in [0.2, 0.25) is 0 Å². The summed E-state index contributed by atoms with van der Waals surface area (Å²) in [7, 11) is 0. The Kier molecular flexibility index (Phi) is 6.13. The lowest BCUT2D eigenvalue weighted by molar-refractivity contribution is -0.128. The second-order valence-electron chi connectivity index (χ2n) is 6.12. The number of nitrogens with one attached hydrogen (secondary N) is 1. The molecule has 4 unspecified atom stereocenters. The van der Waals surface area contributed by atoms with E-state index in [0.29, 0.717) is 23.6 Å². The molecule has 1 rings (SSSR count). The maximum Gasteiger partial charge on any atom is 0.0658 e. The molecular formula is C16H33NO. The van der Waals surface area contributed by atoms with Crippen LogP contribution in [0.2, 0.25) is 0 Å². The van der Waals surface area contributed by atoms with Crippen molar-refractivity contribution < 1.29 is 4.74 Å². The fourth-order valence-corrected chi connectivity index (χ4v) is 3.46. The Morgan fingerprint density at radius 3 is 2.28 bits per heavy atom. The smallest absolute Gasteiger partial charge is 0.0658 e. The maximum absolute atomic E-state index is 5.87. The minimum absolute atomic E-state index is 0.330. The van der Waals surface area contributed by atoms with E-state index in [1.54, 1.807) is 0 Å². The second-order valence-corrected chi connectivity index (χ2v) is 6.12. The highest BCUT2D eigenvalue weighted by atomic mass is 16.5. The standard InChI is InChI=1S/C16H33NO/c1-7-13(8-2)12(5)17-14-11-15(18-10-4)16(14,6)9-3/h12-15,17H,7-11H2,1-6H3. The first-order valence-corrected chi connectivity index (χ1v) is 7.90. The average molecular weight is 255 g/mol. The van der Waals surface area contributed by atoms with E-state index >= 15 is 0 Å². The van der Waals surface area contributed by atoms with E-state index in [9.17, 15) is 0 Å². The minimum Gasteiger partial charge on any atom is -0.378 e. The lowest BCUT2D eigenvalue weighted by Gasteiger charge is -2.55. The van der Waals surface area contributed by atoms with E-state index in [2.05, 4.69) is 46.9 Å². The summed E-state index contributed by atoms with van der Waals surface area (Å²) >= 11 is 0. The van der Waals surface area contributed by atoms with Crippen molar-refractivity contribution >= 4 is 0 Å². The molecule has 1 aliphatic carbocycles. The minimum atomic E-state index is 0.330. The first-order valence-electron chi connectivity index (χ1n) is 7.90. The van der Waals surface area contributed by atoms with Crippen LogP contribution in [0.5, 0.6) is 0 Å². The first kappa shape index (κ1) is 16.0. The zero-order chi connectivity index (χ0) is 13.8. The monoisotopic (exact) mass is 255 g/mol. The lowest BCUT2D eigenvalue weighted by Crippen LogP contribution is -2.64. The first-order chi connectivity index (χ1) is 8.53. The van der Waals surface area contributed by atoms with Gasteiger partial charge in [0.25, 0.3) is 0 Å². The lowest BCUT2D eigenvalue weighted by atomic mass is 9.61. The van der Waals surface area contributed by atoms with Gasteiger partial charge in [-0.05, 0) is 32.6 Å². The van der Waals surface area contributed by atoms with Gasteiger partial charge < -0.3 is 10.1 Å². The molecule has 18 heavy (non-hydrogen) atoms. The number of rotatable bonds is 8. The predicted molar refractivity (Wildman–Crippen MR) is 78.9 cm³/mol. The SMILES string of the molecule is CCOC1CC(NC(C)C(CC)CC)C1(C)CC. The molecule has 0 bridgehead atoms. The molecule has 1 saturated carbocycles. The molecule has 1 aliphatic rings. The van der Waals surface area contributed by atoms with Gasteiger partial charge in [-0.2, -0.15) is 0 Å². The van der Waals surface area contributed by atoms with Crippen LogP contribution in [-0.4, -0.2) is 24.8 Å². The predicted octanol–water partition coefficient (Wildman–Crippen LogP) is 3.99. The summed E-state index contributed by atoms with van der Waals surface area (Å²) in [6.45, 7) is 14.6. The van der Waals surface area contributed by atoms with Gasteiger partial charge in [-0.1, -0.05) is 40.5 Å². The fraction of sp³-hybridized carbons (Fsp3) is 1.00. The Bertz CT molecular complexity index is 239. The van der Waals surface area contributed by atoms with Crippen molar-refractivity contribution in [3.05, 3.63) is 0 Å². The quantitative estimate of drug-likeness (QED) is 0.708. The number of hydrogen-bond donors (Lipinski definition) is 1. The van der Waals surface area contributed by atoms with Crippen LogP contribution < -0.4 is 5.32 Å². The van der Waals surface area contributed by atoms with E-state index in [1.807, 2.05) is 0 Å². The Labute approximate surface area is 114 Å². The molecular weight excluding hydrogens is 222 g/mol. The third kappa shape index (κ3) is 3.08. The fourth-order valence-electron chi connectivity index (χ4n) is 3.46. The molecule has 0 aromatic rings. The highest BCUT2D eigenvalue weighted by molar-refractivity contribution is 5.05. The van der Waals surface area contributed by atoms with Crippen molar-refractivity contribution in [1.82, 2.24) is 5.32 Å². The molecule has 0 spiro atoms. The third-order valence-corrected chi connectivity index (χ3v) is 5.33. The molecule has 0 radical (unpaired) electrons. The van der Waals surface area contributed by atoms with Crippen molar-refractivity contribution in [3.63, 3.8) is 0 Å². The summed E-state index contributed by atoms with van der Waals surface area (Å²) in [4.78, 5) is 0. The molecule has 0 heterocycles. The molecule has 0 aromatic heterocycles. The Morgan fingerprint density at radius 2 is 1.83 bits per heavy atom. The highest BCUT2D eigenvalue weighted by Gasteiger charge is 2.51. The Balaban J connectivity index is 2.53. The number of hydrogen-bond acceptors (Lipinski definition) is 2. The molecule has 2 heteroatoms. The van der Waals surface area contributed by atoms with Crippen molar-refractivity contribution in [3.8, 4) is 0 Å². The largest absolute Gasteiger partial charge is 0.378 e. The van der Waals surface area contributed by atoms with Gasteiger partial charge in [-0.15, -0.1) is 0 Å². The second kappa shape index (κ2) is 6.91.